The van der Waals surface area contributed by atoms with E-state index >= 15 is 0 Å². The third kappa shape index (κ3) is 2.94. The van der Waals surface area contributed by atoms with Crippen LogP contribution in [0, 0.1) is 0 Å². The Kier molecular flexibility index (Phi) is 4.35. The van der Waals surface area contributed by atoms with Gasteiger partial charge in [-0.25, -0.2) is 4.90 Å². The van der Waals surface area contributed by atoms with Crippen molar-refractivity contribution in [2.75, 3.05) is 10.2 Å². The van der Waals surface area contributed by atoms with Gasteiger partial charge in [-0.2, -0.15) is 0 Å². The summed E-state index contributed by atoms with van der Waals surface area (Å²) in [5, 5.41) is 3.60. The van der Waals surface area contributed by atoms with Crippen LogP contribution in [-0.4, -0.2) is 17.9 Å². The van der Waals surface area contributed by atoms with E-state index in [4.69, 9.17) is 11.6 Å². The Bertz CT molecular complexity index is 760. The molecule has 0 aliphatic carbocycles. The molecule has 118 valence electrons. The molecule has 1 heterocycles. The van der Waals surface area contributed by atoms with Crippen LogP contribution in [-0.2, 0) is 16.0 Å². The number of nitrogens with zero attached hydrogens (tertiary/aromatic N) is 1. The number of hydrogen-bond donors (Lipinski definition) is 1. The Labute approximate surface area is 140 Å². The summed E-state index contributed by atoms with van der Waals surface area (Å²) in [6.07, 6.45) is 0.981. The Morgan fingerprint density at radius 3 is 2.57 bits per heavy atom. The molecule has 1 atom stereocenters. The third-order valence-electron chi connectivity index (χ3n) is 3.97. The SMILES string of the molecule is CCc1ccccc1NC1CC(=O)N(c2ccccc2Cl)C1=O. The molecule has 0 saturated carbocycles. The molecule has 0 spiro atoms. The zero-order valence-electron chi connectivity index (χ0n) is 12.8. The fraction of sp³-hybridized carbons (Fsp3) is 0.222. The monoisotopic (exact) mass is 328 g/mol. The number of benzene rings is 2. The second kappa shape index (κ2) is 6.42. The van der Waals surface area contributed by atoms with Crippen molar-refractivity contribution in [2.45, 2.75) is 25.8 Å². The number of aryl methyl sites for hydroxylation is 1. The van der Waals surface area contributed by atoms with Crippen LogP contribution in [0.2, 0.25) is 5.02 Å². The number of hydrogen-bond acceptors (Lipinski definition) is 3. The summed E-state index contributed by atoms with van der Waals surface area (Å²) in [7, 11) is 0. The maximum atomic E-state index is 12.7. The zero-order valence-corrected chi connectivity index (χ0v) is 13.5. The molecule has 0 bridgehead atoms. The number of carbonyl (C=O) groups is 2. The molecule has 2 amide bonds. The van der Waals surface area contributed by atoms with Crippen molar-refractivity contribution in [3.05, 3.63) is 59.1 Å². The van der Waals surface area contributed by atoms with Crippen LogP contribution >= 0.6 is 11.6 Å². The van der Waals surface area contributed by atoms with E-state index in [2.05, 4.69) is 12.2 Å². The van der Waals surface area contributed by atoms with Crippen LogP contribution in [0.4, 0.5) is 11.4 Å². The van der Waals surface area contributed by atoms with Gasteiger partial charge in [0.15, 0.2) is 0 Å². The van der Waals surface area contributed by atoms with Crippen molar-refractivity contribution < 1.29 is 9.59 Å². The molecule has 1 aliphatic rings. The van der Waals surface area contributed by atoms with Crippen LogP contribution in [0.5, 0.6) is 0 Å². The molecule has 23 heavy (non-hydrogen) atoms. The molecule has 1 saturated heterocycles. The summed E-state index contributed by atoms with van der Waals surface area (Å²) in [4.78, 5) is 26.1. The molecule has 1 N–H and O–H groups in total. The molecule has 1 unspecified atom stereocenters. The average molecular weight is 329 g/mol. The first-order valence-electron chi connectivity index (χ1n) is 7.57. The van der Waals surface area contributed by atoms with Gasteiger partial charge in [0.1, 0.15) is 6.04 Å². The highest BCUT2D eigenvalue weighted by Gasteiger charge is 2.40. The van der Waals surface area contributed by atoms with Crippen molar-refractivity contribution in [2.24, 2.45) is 0 Å². The molecule has 0 radical (unpaired) electrons. The van der Waals surface area contributed by atoms with Gasteiger partial charge in [-0.05, 0) is 30.2 Å². The van der Waals surface area contributed by atoms with Gasteiger partial charge in [0.2, 0.25) is 5.91 Å². The van der Waals surface area contributed by atoms with Crippen LogP contribution in [0.15, 0.2) is 48.5 Å². The van der Waals surface area contributed by atoms with Crippen molar-refractivity contribution >= 4 is 34.8 Å². The second-order valence-electron chi connectivity index (χ2n) is 5.43. The Hall–Kier alpha value is -2.33. The van der Waals surface area contributed by atoms with E-state index in [9.17, 15) is 9.59 Å². The Morgan fingerprint density at radius 1 is 1.13 bits per heavy atom. The number of para-hydroxylation sites is 2. The van der Waals surface area contributed by atoms with Gasteiger partial charge in [0.25, 0.3) is 5.91 Å². The lowest BCUT2D eigenvalue weighted by molar-refractivity contribution is -0.121. The first kappa shape index (κ1) is 15.6. The summed E-state index contributed by atoms with van der Waals surface area (Å²) in [5.74, 6) is -0.511. The molecular formula is C18H17ClN2O2. The predicted octanol–water partition coefficient (Wildman–Crippen LogP) is 3.65. The lowest BCUT2D eigenvalue weighted by Crippen LogP contribution is -2.35. The van der Waals surface area contributed by atoms with Crippen molar-refractivity contribution in [1.82, 2.24) is 0 Å². The van der Waals surface area contributed by atoms with E-state index in [0.29, 0.717) is 10.7 Å². The predicted molar refractivity (Wildman–Crippen MR) is 91.8 cm³/mol. The fourth-order valence-electron chi connectivity index (χ4n) is 2.79. The standard InChI is InChI=1S/C18H17ClN2O2/c1-2-12-7-3-5-9-14(12)20-15-11-17(22)21(18(15)23)16-10-6-4-8-13(16)19/h3-10,15,20H,2,11H2,1H3. The summed E-state index contributed by atoms with van der Waals surface area (Å²) < 4.78 is 0. The summed E-state index contributed by atoms with van der Waals surface area (Å²) in [5.41, 5.74) is 2.45. The molecule has 2 aromatic carbocycles. The van der Waals surface area contributed by atoms with E-state index in [-0.39, 0.29) is 18.2 Å². The molecule has 5 heteroatoms. The minimum Gasteiger partial charge on any atom is -0.373 e. The van der Waals surface area contributed by atoms with Crippen LogP contribution in [0.1, 0.15) is 18.9 Å². The van der Waals surface area contributed by atoms with Gasteiger partial charge in [0, 0.05) is 5.69 Å². The van der Waals surface area contributed by atoms with Crippen molar-refractivity contribution in [1.29, 1.82) is 0 Å². The molecular weight excluding hydrogens is 312 g/mol. The largest absolute Gasteiger partial charge is 0.373 e. The average Bonchev–Trinajstić information content (AvgIpc) is 2.83. The highest BCUT2D eigenvalue weighted by Crippen LogP contribution is 2.31. The van der Waals surface area contributed by atoms with E-state index in [0.717, 1.165) is 17.7 Å². The highest BCUT2D eigenvalue weighted by molar-refractivity contribution is 6.36. The van der Waals surface area contributed by atoms with Gasteiger partial charge in [0.05, 0.1) is 17.1 Å². The van der Waals surface area contributed by atoms with Gasteiger partial charge < -0.3 is 5.32 Å². The number of imide groups is 1. The first-order chi connectivity index (χ1) is 11.1. The highest BCUT2D eigenvalue weighted by atomic mass is 35.5. The van der Waals surface area contributed by atoms with Crippen molar-refractivity contribution in [3.8, 4) is 0 Å². The number of nitrogens with one attached hydrogen (secondary N) is 1. The number of carbonyl (C=O) groups excluding carboxylic acids is 2. The topological polar surface area (TPSA) is 49.4 Å². The normalized spacial score (nSPS) is 17.7. The van der Waals surface area contributed by atoms with Crippen molar-refractivity contribution in [3.63, 3.8) is 0 Å². The number of anilines is 2. The quantitative estimate of drug-likeness (QED) is 0.872. The maximum Gasteiger partial charge on any atom is 0.256 e. The van der Waals surface area contributed by atoms with E-state index in [1.807, 2.05) is 24.3 Å². The molecule has 0 aromatic heterocycles. The lowest BCUT2D eigenvalue weighted by atomic mass is 10.1. The van der Waals surface area contributed by atoms with E-state index in [1.54, 1.807) is 24.3 Å². The fourth-order valence-corrected chi connectivity index (χ4v) is 3.01. The zero-order chi connectivity index (χ0) is 16.4. The minimum atomic E-state index is -0.563. The van der Waals surface area contributed by atoms with Crippen LogP contribution in [0.25, 0.3) is 0 Å². The Morgan fingerprint density at radius 2 is 1.83 bits per heavy atom. The smallest absolute Gasteiger partial charge is 0.256 e. The summed E-state index contributed by atoms with van der Waals surface area (Å²) in [6, 6.07) is 14.1. The number of rotatable bonds is 4. The van der Waals surface area contributed by atoms with Crippen LogP contribution < -0.4 is 10.2 Å². The van der Waals surface area contributed by atoms with E-state index < -0.39 is 6.04 Å². The van der Waals surface area contributed by atoms with Crippen LogP contribution in [0.3, 0.4) is 0 Å². The molecule has 1 fully saturated rings. The summed E-state index contributed by atoms with van der Waals surface area (Å²) >= 11 is 6.12. The summed E-state index contributed by atoms with van der Waals surface area (Å²) in [6.45, 7) is 2.05. The number of halogens is 1. The van der Waals surface area contributed by atoms with Gasteiger partial charge in [-0.1, -0.05) is 48.9 Å². The molecule has 2 aromatic rings. The van der Waals surface area contributed by atoms with Gasteiger partial charge in [-0.15, -0.1) is 0 Å². The lowest BCUT2D eigenvalue weighted by Gasteiger charge is -2.18. The third-order valence-corrected chi connectivity index (χ3v) is 4.29. The Balaban J connectivity index is 1.86. The van der Waals surface area contributed by atoms with E-state index in [1.165, 1.54) is 4.90 Å². The minimum absolute atomic E-state index is 0.127. The second-order valence-corrected chi connectivity index (χ2v) is 5.84. The molecule has 4 nitrogen and oxygen atoms in total. The molecule has 3 rings (SSSR count). The van der Waals surface area contributed by atoms with Gasteiger partial charge in [-0.3, -0.25) is 9.59 Å². The number of amides is 2. The first-order valence-corrected chi connectivity index (χ1v) is 7.95. The molecule has 1 aliphatic heterocycles. The van der Waals surface area contributed by atoms with Gasteiger partial charge >= 0.3 is 0 Å². The maximum absolute atomic E-state index is 12.7.